The van der Waals surface area contributed by atoms with Crippen LogP contribution >= 0.6 is 0 Å². The summed E-state index contributed by atoms with van der Waals surface area (Å²) in [7, 11) is 0. The zero-order chi connectivity index (χ0) is 16.1. The van der Waals surface area contributed by atoms with Crippen LogP contribution in [-0.4, -0.2) is 34.6 Å². The van der Waals surface area contributed by atoms with E-state index in [9.17, 15) is 14.0 Å². The zero-order valence-electron chi connectivity index (χ0n) is 12.8. The predicted molar refractivity (Wildman–Crippen MR) is 76.0 cm³/mol. The van der Waals surface area contributed by atoms with Crippen LogP contribution in [0, 0.1) is 5.82 Å². The molecule has 0 bridgehead atoms. The van der Waals surface area contributed by atoms with Crippen molar-refractivity contribution in [2.45, 2.75) is 44.8 Å². The number of aryl methyl sites for hydroxylation is 1. The van der Waals surface area contributed by atoms with Crippen LogP contribution in [0.1, 0.15) is 32.8 Å². The number of carbonyl (C=O) groups excluding carboxylic acids is 2. The maximum Gasteiger partial charge on any atom is 0.417 e. The second kappa shape index (κ2) is 4.69. The van der Waals surface area contributed by atoms with Crippen LogP contribution in [-0.2, 0) is 16.0 Å². The van der Waals surface area contributed by atoms with Crippen LogP contribution in [0.3, 0.4) is 0 Å². The van der Waals surface area contributed by atoms with Crippen LogP contribution in [0.25, 0.3) is 0 Å². The third-order valence-electron chi connectivity index (χ3n) is 3.80. The molecule has 1 atom stereocenters. The minimum absolute atomic E-state index is 0.136. The Kier molecular flexibility index (Phi) is 3.16. The van der Waals surface area contributed by atoms with E-state index in [1.165, 1.54) is 12.1 Å². The normalized spacial score (nSPS) is 23.6. The standard InChI is InChI=1S/C16H18FNO4/c1-15(2,3)22-14(20)18-9-16(13(18)19)7-6-10-4-5-11(17)8-12(10)21-16/h4-5,8H,6-7,9H2,1-3H3. The van der Waals surface area contributed by atoms with Gasteiger partial charge in [-0.3, -0.25) is 4.79 Å². The highest BCUT2D eigenvalue weighted by Gasteiger charge is 2.59. The Balaban J connectivity index is 1.74. The molecule has 0 saturated carbocycles. The number of rotatable bonds is 0. The van der Waals surface area contributed by atoms with Gasteiger partial charge in [0.2, 0.25) is 5.60 Å². The lowest BCUT2D eigenvalue weighted by molar-refractivity contribution is -0.170. The van der Waals surface area contributed by atoms with Gasteiger partial charge in [-0.1, -0.05) is 6.07 Å². The van der Waals surface area contributed by atoms with Gasteiger partial charge >= 0.3 is 6.09 Å². The Bertz CT molecular complexity index is 652. The number of benzene rings is 1. The molecule has 0 aromatic heterocycles. The van der Waals surface area contributed by atoms with Crippen LogP contribution in [0.15, 0.2) is 18.2 Å². The van der Waals surface area contributed by atoms with E-state index < -0.39 is 29.0 Å². The Labute approximate surface area is 128 Å². The number of hydrogen-bond acceptors (Lipinski definition) is 4. The molecule has 5 nitrogen and oxygen atoms in total. The molecule has 2 heterocycles. The number of carbonyl (C=O) groups is 2. The monoisotopic (exact) mass is 307 g/mol. The maximum absolute atomic E-state index is 13.3. The molecule has 1 fully saturated rings. The number of β-lactam (4-membered cyclic amide) rings is 1. The average Bonchev–Trinajstić information content (AvgIpc) is 2.41. The molecule has 0 radical (unpaired) electrons. The smallest absolute Gasteiger partial charge is 0.417 e. The first-order chi connectivity index (χ1) is 10.2. The maximum atomic E-state index is 13.3. The summed E-state index contributed by atoms with van der Waals surface area (Å²) in [6.07, 6.45) is 0.421. The average molecular weight is 307 g/mol. The lowest BCUT2D eigenvalue weighted by atomic mass is 9.84. The number of likely N-dealkylation sites (tertiary alicyclic amines) is 1. The fourth-order valence-electron chi connectivity index (χ4n) is 2.70. The van der Waals surface area contributed by atoms with Crippen LogP contribution in [0.2, 0.25) is 0 Å². The van der Waals surface area contributed by atoms with Crippen molar-refractivity contribution in [3.05, 3.63) is 29.6 Å². The molecule has 2 aliphatic heterocycles. The van der Waals surface area contributed by atoms with Crippen molar-refractivity contribution in [3.8, 4) is 5.75 Å². The number of ether oxygens (including phenoxy) is 2. The van der Waals surface area contributed by atoms with Crippen molar-refractivity contribution in [2.24, 2.45) is 0 Å². The van der Waals surface area contributed by atoms with Gasteiger partial charge in [0.05, 0.1) is 6.54 Å². The highest BCUT2D eigenvalue weighted by atomic mass is 19.1. The van der Waals surface area contributed by atoms with E-state index >= 15 is 0 Å². The van der Waals surface area contributed by atoms with Gasteiger partial charge in [0.15, 0.2) is 0 Å². The lowest BCUT2D eigenvalue weighted by Gasteiger charge is -2.48. The Morgan fingerprint density at radius 1 is 1.41 bits per heavy atom. The molecule has 2 amide bonds. The highest BCUT2D eigenvalue weighted by molar-refractivity contribution is 6.03. The van der Waals surface area contributed by atoms with Crippen molar-refractivity contribution >= 4 is 12.0 Å². The van der Waals surface area contributed by atoms with Crippen molar-refractivity contribution in [3.63, 3.8) is 0 Å². The Morgan fingerprint density at radius 3 is 2.77 bits per heavy atom. The second-order valence-corrected chi connectivity index (χ2v) is 6.72. The van der Waals surface area contributed by atoms with Gasteiger partial charge in [-0.25, -0.2) is 14.1 Å². The number of imide groups is 1. The van der Waals surface area contributed by atoms with Gasteiger partial charge < -0.3 is 9.47 Å². The van der Waals surface area contributed by atoms with E-state index in [1.807, 2.05) is 0 Å². The van der Waals surface area contributed by atoms with E-state index in [4.69, 9.17) is 9.47 Å². The zero-order valence-corrected chi connectivity index (χ0v) is 12.8. The predicted octanol–water partition coefficient (Wildman–Crippen LogP) is 2.67. The van der Waals surface area contributed by atoms with Gasteiger partial charge in [0.25, 0.3) is 5.91 Å². The lowest BCUT2D eigenvalue weighted by Crippen LogP contribution is -2.72. The second-order valence-electron chi connectivity index (χ2n) is 6.72. The molecule has 1 saturated heterocycles. The van der Waals surface area contributed by atoms with Crippen LogP contribution < -0.4 is 4.74 Å². The third kappa shape index (κ3) is 2.42. The summed E-state index contributed by atoms with van der Waals surface area (Å²) in [6.45, 7) is 5.35. The van der Waals surface area contributed by atoms with Crippen molar-refractivity contribution in [1.82, 2.24) is 4.90 Å². The van der Waals surface area contributed by atoms with Crippen molar-refractivity contribution in [2.75, 3.05) is 6.54 Å². The summed E-state index contributed by atoms with van der Waals surface area (Å²) in [4.78, 5) is 25.3. The van der Waals surface area contributed by atoms with E-state index in [-0.39, 0.29) is 6.54 Å². The number of amides is 2. The molecule has 0 aliphatic carbocycles. The van der Waals surface area contributed by atoms with Crippen molar-refractivity contribution in [1.29, 1.82) is 0 Å². The summed E-state index contributed by atoms with van der Waals surface area (Å²) in [5.41, 5.74) is -0.850. The molecule has 1 aromatic rings. The molecule has 1 unspecified atom stereocenters. The Hall–Kier alpha value is -2.11. The molecular formula is C16H18FNO4. The fourth-order valence-corrected chi connectivity index (χ4v) is 2.70. The SMILES string of the molecule is CC(C)(C)OC(=O)N1CC2(CCc3ccc(F)cc3O2)C1=O. The summed E-state index contributed by atoms with van der Waals surface area (Å²) in [6, 6.07) is 4.31. The number of halogens is 1. The summed E-state index contributed by atoms with van der Waals surface area (Å²) < 4.78 is 24.2. The first-order valence-corrected chi connectivity index (χ1v) is 7.23. The summed E-state index contributed by atoms with van der Waals surface area (Å²) in [5, 5.41) is 0. The summed E-state index contributed by atoms with van der Waals surface area (Å²) >= 11 is 0. The molecule has 3 rings (SSSR count). The van der Waals surface area contributed by atoms with Gasteiger partial charge in [0.1, 0.15) is 17.2 Å². The van der Waals surface area contributed by atoms with E-state index in [2.05, 4.69) is 0 Å². The largest absolute Gasteiger partial charge is 0.475 e. The molecule has 2 aliphatic rings. The molecule has 6 heteroatoms. The minimum atomic E-state index is -1.06. The van der Waals surface area contributed by atoms with Crippen LogP contribution in [0.4, 0.5) is 9.18 Å². The number of nitrogens with zero attached hydrogens (tertiary/aromatic N) is 1. The highest BCUT2D eigenvalue weighted by Crippen LogP contribution is 2.40. The van der Waals surface area contributed by atoms with Gasteiger partial charge in [-0.15, -0.1) is 0 Å². The van der Waals surface area contributed by atoms with E-state index in [0.717, 1.165) is 10.5 Å². The fraction of sp³-hybridized carbons (Fsp3) is 0.500. The van der Waals surface area contributed by atoms with E-state index in [1.54, 1.807) is 26.8 Å². The molecule has 1 aromatic carbocycles. The van der Waals surface area contributed by atoms with Gasteiger partial charge in [-0.05, 0) is 38.8 Å². The first kappa shape index (κ1) is 14.8. The van der Waals surface area contributed by atoms with Crippen molar-refractivity contribution < 1.29 is 23.5 Å². The summed E-state index contributed by atoms with van der Waals surface area (Å²) in [5.74, 6) is -0.452. The molecule has 0 N–H and O–H groups in total. The molecule has 22 heavy (non-hydrogen) atoms. The van der Waals surface area contributed by atoms with Crippen LogP contribution in [0.5, 0.6) is 5.75 Å². The van der Waals surface area contributed by atoms with E-state index in [0.29, 0.717) is 18.6 Å². The molecule has 1 spiro atoms. The number of hydrogen-bond donors (Lipinski definition) is 0. The van der Waals surface area contributed by atoms with Gasteiger partial charge in [0, 0.05) is 12.5 Å². The molecular weight excluding hydrogens is 289 g/mol. The quantitative estimate of drug-likeness (QED) is 0.692. The van der Waals surface area contributed by atoms with Gasteiger partial charge in [-0.2, -0.15) is 0 Å². The first-order valence-electron chi connectivity index (χ1n) is 7.23. The number of fused-ring (bicyclic) bond motifs is 1. The topological polar surface area (TPSA) is 55.8 Å². The molecule has 118 valence electrons. The Morgan fingerprint density at radius 2 is 2.14 bits per heavy atom. The third-order valence-corrected chi connectivity index (χ3v) is 3.80. The minimum Gasteiger partial charge on any atom is -0.475 e.